The number of anilines is 1. The van der Waals surface area contributed by atoms with E-state index in [1.165, 1.54) is 5.56 Å². The maximum Gasteiger partial charge on any atom is 0.243 e. The molecule has 1 amide bonds. The van der Waals surface area contributed by atoms with Crippen molar-refractivity contribution in [2.75, 3.05) is 24.5 Å². The van der Waals surface area contributed by atoms with Crippen molar-refractivity contribution in [2.45, 2.75) is 43.4 Å². The summed E-state index contributed by atoms with van der Waals surface area (Å²) in [7, 11) is -3.40. The molecule has 0 aromatic heterocycles. The molecule has 0 N–H and O–H groups in total. The largest absolute Gasteiger partial charge is 0.312 e. The number of hydrogen-bond donors (Lipinski definition) is 0. The van der Waals surface area contributed by atoms with Crippen molar-refractivity contribution in [3.05, 3.63) is 59.7 Å². The standard InChI is InChI=1S/C22H26N2O3S/c25-22(24-17-14-19-6-2-3-7-21(19)24)13-10-18-8-11-20(12-9-18)28(26,27)23-15-4-1-5-16-23/h2-3,6-9,11-12H,1,4-5,10,13-17H2. The Bertz CT molecular complexity index is 948. The fourth-order valence-corrected chi connectivity index (χ4v) is 5.58. The van der Waals surface area contributed by atoms with Gasteiger partial charge in [0.1, 0.15) is 0 Å². The normalized spacial score (nSPS) is 17.5. The minimum absolute atomic E-state index is 0.120. The van der Waals surface area contributed by atoms with Crippen LogP contribution < -0.4 is 4.90 Å². The van der Waals surface area contributed by atoms with E-state index in [0.717, 1.165) is 43.5 Å². The summed E-state index contributed by atoms with van der Waals surface area (Å²) in [5, 5.41) is 0. The molecule has 1 fully saturated rings. The van der Waals surface area contributed by atoms with E-state index in [2.05, 4.69) is 6.07 Å². The number of amides is 1. The topological polar surface area (TPSA) is 57.7 Å². The first-order valence-corrected chi connectivity index (χ1v) is 11.5. The number of para-hydroxylation sites is 1. The van der Waals surface area contributed by atoms with Gasteiger partial charge < -0.3 is 4.90 Å². The zero-order valence-electron chi connectivity index (χ0n) is 16.0. The predicted molar refractivity (Wildman–Crippen MR) is 110 cm³/mol. The van der Waals surface area contributed by atoms with Crippen LogP contribution in [0.15, 0.2) is 53.4 Å². The molecule has 2 aliphatic heterocycles. The highest BCUT2D eigenvalue weighted by atomic mass is 32.2. The number of sulfonamides is 1. The number of piperidine rings is 1. The molecule has 0 unspecified atom stereocenters. The Morgan fingerprint density at radius 1 is 0.893 bits per heavy atom. The van der Waals surface area contributed by atoms with Crippen LogP contribution in [0.3, 0.4) is 0 Å². The minimum atomic E-state index is -3.40. The zero-order valence-corrected chi connectivity index (χ0v) is 16.8. The van der Waals surface area contributed by atoms with Gasteiger partial charge in [0.05, 0.1) is 4.90 Å². The second-order valence-electron chi connectivity index (χ2n) is 7.53. The maximum atomic E-state index is 12.7. The third-order valence-corrected chi connectivity index (χ3v) is 7.60. The van der Waals surface area contributed by atoms with E-state index in [1.807, 2.05) is 35.2 Å². The molecule has 6 heteroatoms. The van der Waals surface area contributed by atoms with Crippen molar-refractivity contribution in [1.82, 2.24) is 4.31 Å². The molecule has 2 aromatic carbocycles. The molecule has 0 radical (unpaired) electrons. The third-order valence-electron chi connectivity index (χ3n) is 5.69. The van der Waals surface area contributed by atoms with Crippen molar-refractivity contribution in [3.8, 4) is 0 Å². The number of aryl methyl sites for hydroxylation is 1. The average Bonchev–Trinajstić information content (AvgIpc) is 3.17. The van der Waals surface area contributed by atoms with Crippen LogP contribution in [0.25, 0.3) is 0 Å². The third kappa shape index (κ3) is 3.84. The lowest BCUT2D eigenvalue weighted by Gasteiger charge is -2.25. The Morgan fingerprint density at radius 2 is 1.61 bits per heavy atom. The van der Waals surface area contributed by atoms with Crippen LogP contribution in [0, 0.1) is 0 Å². The fourth-order valence-electron chi connectivity index (χ4n) is 4.07. The molecule has 0 saturated carbocycles. The van der Waals surface area contributed by atoms with Gasteiger partial charge in [0.25, 0.3) is 0 Å². The number of hydrogen-bond acceptors (Lipinski definition) is 3. The van der Waals surface area contributed by atoms with Gasteiger partial charge in [-0.2, -0.15) is 4.31 Å². The molecule has 0 aliphatic carbocycles. The Morgan fingerprint density at radius 3 is 2.36 bits per heavy atom. The van der Waals surface area contributed by atoms with Crippen LogP contribution in [0.4, 0.5) is 5.69 Å². The monoisotopic (exact) mass is 398 g/mol. The van der Waals surface area contributed by atoms with Crippen LogP contribution in [-0.2, 0) is 27.7 Å². The summed E-state index contributed by atoms with van der Waals surface area (Å²) < 4.78 is 27.0. The van der Waals surface area contributed by atoms with Gasteiger partial charge in [-0.1, -0.05) is 36.8 Å². The number of fused-ring (bicyclic) bond motifs is 1. The Kier molecular flexibility index (Phi) is 5.51. The lowest BCUT2D eigenvalue weighted by Crippen LogP contribution is -2.35. The molecular weight excluding hydrogens is 372 g/mol. The quantitative estimate of drug-likeness (QED) is 0.776. The van der Waals surface area contributed by atoms with Gasteiger partial charge in [0.2, 0.25) is 15.9 Å². The van der Waals surface area contributed by atoms with E-state index in [0.29, 0.717) is 30.8 Å². The van der Waals surface area contributed by atoms with Crippen molar-refractivity contribution in [3.63, 3.8) is 0 Å². The summed E-state index contributed by atoms with van der Waals surface area (Å²) in [5.41, 5.74) is 3.23. The Balaban J connectivity index is 1.38. The lowest BCUT2D eigenvalue weighted by atomic mass is 10.1. The highest BCUT2D eigenvalue weighted by Crippen LogP contribution is 2.28. The molecule has 5 nitrogen and oxygen atoms in total. The van der Waals surface area contributed by atoms with Crippen LogP contribution in [0.2, 0.25) is 0 Å². The summed E-state index contributed by atoms with van der Waals surface area (Å²) in [6.45, 7) is 1.96. The molecular formula is C22H26N2O3S. The summed E-state index contributed by atoms with van der Waals surface area (Å²) in [4.78, 5) is 14.8. The van der Waals surface area contributed by atoms with Crippen molar-refractivity contribution >= 4 is 21.6 Å². The van der Waals surface area contributed by atoms with E-state index in [-0.39, 0.29) is 5.91 Å². The van der Waals surface area contributed by atoms with Crippen molar-refractivity contribution in [2.24, 2.45) is 0 Å². The molecule has 2 heterocycles. The first-order valence-electron chi connectivity index (χ1n) is 10.0. The minimum Gasteiger partial charge on any atom is -0.312 e. The first-order chi connectivity index (χ1) is 13.6. The molecule has 1 saturated heterocycles. The number of carbonyl (C=O) groups excluding carboxylic acids is 1. The number of benzene rings is 2. The molecule has 148 valence electrons. The molecule has 2 aliphatic rings. The van der Waals surface area contributed by atoms with Crippen LogP contribution >= 0.6 is 0 Å². The van der Waals surface area contributed by atoms with Crippen molar-refractivity contribution in [1.29, 1.82) is 0 Å². The smallest absolute Gasteiger partial charge is 0.243 e. The number of rotatable bonds is 5. The van der Waals surface area contributed by atoms with E-state index < -0.39 is 10.0 Å². The highest BCUT2D eigenvalue weighted by molar-refractivity contribution is 7.89. The number of nitrogens with zero attached hydrogens (tertiary/aromatic N) is 2. The van der Waals surface area contributed by atoms with E-state index in [9.17, 15) is 13.2 Å². The van der Waals surface area contributed by atoms with Crippen LogP contribution in [0.5, 0.6) is 0 Å². The SMILES string of the molecule is O=C(CCc1ccc(S(=O)(=O)N2CCCCC2)cc1)N1CCc2ccccc21. The second kappa shape index (κ2) is 8.05. The predicted octanol–water partition coefficient (Wildman–Crippen LogP) is 3.38. The summed E-state index contributed by atoms with van der Waals surface area (Å²) in [6, 6.07) is 15.1. The summed E-state index contributed by atoms with van der Waals surface area (Å²) in [6.07, 6.45) is 4.90. The molecule has 2 aromatic rings. The average molecular weight is 399 g/mol. The van der Waals surface area contributed by atoms with Crippen LogP contribution in [0.1, 0.15) is 36.8 Å². The van der Waals surface area contributed by atoms with Gasteiger partial charge in [-0.05, 0) is 55.0 Å². The molecule has 28 heavy (non-hydrogen) atoms. The van der Waals surface area contributed by atoms with Gasteiger partial charge in [0, 0.05) is 31.7 Å². The van der Waals surface area contributed by atoms with E-state index in [1.54, 1.807) is 16.4 Å². The Labute approximate surface area is 167 Å². The molecule has 0 spiro atoms. The highest BCUT2D eigenvalue weighted by Gasteiger charge is 2.26. The lowest BCUT2D eigenvalue weighted by molar-refractivity contribution is -0.118. The zero-order chi connectivity index (χ0) is 19.6. The maximum absolute atomic E-state index is 12.7. The molecule has 0 atom stereocenters. The first kappa shape index (κ1) is 19.2. The van der Waals surface area contributed by atoms with Crippen molar-refractivity contribution < 1.29 is 13.2 Å². The van der Waals surface area contributed by atoms with Crippen LogP contribution in [-0.4, -0.2) is 38.3 Å². The van der Waals surface area contributed by atoms with Gasteiger partial charge in [-0.15, -0.1) is 0 Å². The molecule has 4 rings (SSSR count). The molecule has 0 bridgehead atoms. The second-order valence-corrected chi connectivity index (χ2v) is 9.47. The van der Waals surface area contributed by atoms with Gasteiger partial charge >= 0.3 is 0 Å². The summed E-state index contributed by atoms with van der Waals surface area (Å²) in [5.74, 6) is 0.120. The summed E-state index contributed by atoms with van der Waals surface area (Å²) >= 11 is 0. The van der Waals surface area contributed by atoms with Gasteiger partial charge in [0.15, 0.2) is 0 Å². The van der Waals surface area contributed by atoms with E-state index >= 15 is 0 Å². The number of carbonyl (C=O) groups is 1. The van der Waals surface area contributed by atoms with E-state index in [4.69, 9.17) is 0 Å². The van der Waals surface area contributed by atoms with Gasteiger partial charge in [-0.3, -0.25) is 4.79 Å². The van der Waals surface area contributed by atoms with Gasteiger partial charge in [-0.25, -0.2) is 8.42 Å². The fraction of sp³-hybridized carbons (Fsp3) is 0.409. The Hall–Kier alpha value is -2.18.